The second-order valence-corrected chi connectivity index (χ2v) is 4.11. The Morgan fingerprint density at radius 2 is 2.18 bits per heavy atom. The highest BCUT2D eigenvalue weighted by atomic mass is 16.7. The summed E-state index contributed by atoms with van der Waals surface area (Å²) in [4.78, 5) is 12.1. The molecule has 0 saturated heterocycles. The Bertz CT molecular complexity index is 439. The standard InChI is InChI=1S/C11H15B2NO3/c1-6(14-5-12)10(15)7-2-3-8-9(4-7)17-11(13)16-8/h2-4,6,11,14H,5,12-13H2,1H3/t6-,11?/m0/s1. The molecule has 0 aliphatic carbocycles. The van der Waals surface area contributed by atoms with Gasteiger partial charge in [-0.3, -0.25) is 4.79 Å². The van der Waals surface area contributed by atoms with Crippen molar-refractivity contribution in [1.29, 1.82) is 0 Å². The van der Waals surface area contributed by atoms with Crippen molar-refractivity contribution in [2.75, 3.05) is 6.44 Å². The molecule has 0 aromatic heterocycles. The van der Waals surface area contributed by atoms with E-state index < -0.39 is 0 Å². The van der Waals surface area contributed by atoms with Crippen LogP contribution >= 0.6 is 0 Å². The average Bonchev–Trinajstić information content (AvgIpc) is 2.67. The molecule has 0 radical (unpaired) electrons. The summed E-state index contributed by atoms with van der Waals surface area (Å²) in [6, 6.07) is 5.12. The molecule has 88 valence electrons. The van der Waals surface area contributed by atoms with Gasteiger partial charge in [-0.25, -0.2) is 0 Å². The maximum absolute atomic E-state index is 12.1. The van der Waals surface area contributed by atoms with E-state index in [-0.39, 0.29) is 18.0 Å². The van der Waals surface area contributed by atoms with Crippen LogP contribution in [0, 0.1) is 0 Å². The zero-order chi connectivity index (χ0) is 12.4. The van der Waals surface area contributed by atoms with E-state index in [0.29, 0.717) is 17.1 Å². The molecule has 2 rings (SSSR count). The van der Waals surface area contributed by atoms with Crippen LogP contribution in [-0.4, -0.2) is 40.2 Å². The molecule has 0 fully saturated rings. The second kappa shape index (κ2) is 4.84. The maximum Gasteiger partial charge on any atom is 0.207 e. The Morgan fingerprint density at radius 3 is 2.88 bits per heavy atom. The van der Waals surface area contributed by atoms with Gasteiger partial charge in [0, 0.05) is 5.56 Å². The number of rotatable bonds is 4. The first-order valence-electron chi connectivity index (χ1n) is 5.86. The third kappa shape index (κ3) is 2.47. The highest BCUT2D eigenvalue weighted by Crippen LogP contribution is 2.34. The number of benzene rings is 1. The van der Waals surface area contributed by atoms with Gasteiger partial charge < -0.3 is 14.8 Å². The summed E-state index contributed by atoms with van der Waals surface area (Å²) < 4.78 is 10.8. The van der Waals surface area contributed by atoms with Gasteiger partial charge in [-0.15, -0.1) is 0 Å². The van der Waals surface area contributed by atoms with Gasteiger partial charge >= 0.3 is 0 Å². The predicted octanol–water partition coefficient (Wildman–Crippen LogP) is -0.874. The van der Waals surface area contributed by atoms with Crippen LogP contribution in [0.15, 0.2) is 18.2 Å². The van der Waals surface area contributed by atoms with Crippen molar-refractivity contribution >= 4 is 21.5 Å². The molecule has 1 aromatic carbocycles. The Balaban J connectivity index is 2.18. The van der Waals surface area contributed by atoms with Crippen molar-refractivity contribution in [2.45, 2.75) is 19.2 Å². The van der Waals surface area contributed by atoms with Gasteiger partial charge in [-0.2, -0.15) is 0 Å². The first-order chi connectivity index (χ1) is 8.11. The van der Waals surface area contributed by atoms with Crippen LogP contribution in [0.1, 0.15) is 17.3 Å². The van der Waals surface area contributed by atoms with E-state index in [4.69, 9.17) is 9.47 Å². The molecule has 1 N–H and O–H groups in total. The number of ketones is 1. The lowest BCUT2D eigenvalue weighted by Crippen LogP contribution is -2.34. The summed E-state index contributed by atoms with van der Waals surface area (Å²) >= 11 is 0. The maximum atomic E-state index is 12.1. The Morgan fingerprint density at radius 1 is 1.47 bits per heavy atom. The minimum atomic E-state index is -0.276. The lowest BCUT2D eigenvalue weighted by Gasteiger charge is -2.11. The van der Waals surface area contributed by atoms with Crippen LogP contribution < -0.4 is 14.8 Å². The lowest BCUT2D eigenvalue weighted by atomic mass is 10.0. The number of ether oxygens (including phenoxy) is 2. The van der Waals surface area contributed by atoms with Gasteiger partial charge in [0.15, 0.2) is 23.5 Å². The van der Waals surface area contributed by atoms with Crippen molar-refractivity contribution < 1.29 is 14.3 Å². The van der Waals surface area contributed by atoms with E-state index in [0.717, 1.165) is 6.44 Å². The molecule has 1 heterocycles. The molecule has 1 unspecified atom stereocenters. The molecule has 0 spiro atoms. The van der Waals surface area contributed by atoms with E-state index in [9.17, 15) is 4.79 Å². The van der Waals surface area contributed by atoms with E-state index in [2.05, 4.69) is 5.32 Å². The molecular weight excluding hydrogens is 216 g/mol. The van der Waals surface area contributed by atoms with E-state index in [1.54, 1.807) is 18.2 Å². The fraction of sp³-hybridized carbons (Fsp3) is 0.364. The number of carbonyl (C=O) groups excluding carboxylic acids is 1. The molecule has 0 saturated carbocycles. The van der Waals surface area contributed by atoms with Gasteiger partial charge in [-0.05, 0) is 31.6 Å². The summed E-state index contributed by atoms with van der Waals surface area (Å²) in [5.74, 6) is 1.41. The molecule has 17 heavy (non-hydrogen) atoms. The molecule has 1 aliphatic rings. The average molecular weight is 231 g/mol. The van der Waals surface area contributed by atoms with Crippen LogP contribution in [0.25, 0.3) is 0 Å². The quantitative estimate of drug-likeness (QED) is 0.540. The molecule has 1 aromatic rings. The monoisotopic (exact) mass is 231 g/mol. The largest absolute Gasteiger partial charge is 0.460 e. The minimum absolute atomic E-state index is 0.0674. The van der Waals surface area contributed by atoms with Gasteiger partial charge in [-0.1, -0.05) is 0 Å². The van der Waals surface area contributed by atoms with Crippen LogP contribution in [-0.2, 0) is 0 Å². The van der Waals surface area contributed by atoms with Crippen molar-refractivity contribution in [1.82, 2.24) is 5.32 Å². The second-order valence-electron chi connectivity index (χ2n) is 4.11. The van der Waals surface area contributed by atoms with Gasteiger partial charge in [0.05, 0.1) is 6.04 Å². The number of hydrogen-bond donors (Lipinski definition) is 1. The molecule has 6 heteroatoms. The highest BCUT2D eigenvalue weighted by Gasteiger charge is 2.22. The van der Waals surface area contributed by atoms with Crippen molar-refractivity contribution in [3.05, 3.63) is 23.8 Å². The van der Waals surface area contributed by atoms with Crippen molar-refractivity contribution in [3.63, 3.8) is 0 Å². The molecular formula is C11H15B2NO3. The molecule has 4 nitrogen and oxygen atoms in total. The predicted molar refractivity (Wildman–Crippen MR) is 70.4 cm³/mol. The first-order valence-corrected chi connectivity index (χ1v) is 5.86. The Labute approximate surface area is 102 Å². The normalized spacial score (nSPS) is 19.0. The zero-order valence-electron chi connectivity index (χ0n) is 10.3. The van der Waals surface area contributed by atoms with Crippen molar-refractivity contribution in [2.24, 2.45) is 0 Å². The number of fused-ring (bicyclic) bond motifs is 1. The summed E-state index contributed by atoms with van der Waals surface area (Å²) in [7, 11) is 3.80. The summed E-state index contributed by atoms with van der Waals surface area (Å²) in [6.45, 7) is 1.86. The fourth-order valence-corrected chi connectivity index (χ4v) is 1.88. The van der Waals surface area contributed by atoms with Crippen molar-refractivity contribution in [3.8, 4) is 11.5 Å². The van der Waals surface area contributed by atoms with Crippen LogP contribution in [0.4, 0.5) is 0 Å². The molecule has 1 aliphatic heterocycles. The minimum Gasteiger partial charge on any atom is -0.460 e. The highest BCUT2D eigenvalue weighted by molar-refractivity contribution is 6.11. The smallest absolute Gasteiger partial charge is 0.207 e. The summed E-state index contributed by atoms with van der Waals surface area (Å²) in [5.41, 5.74) is 0.648. The summed E-state index contributed by atoms with van der Waals surface area (Å²) in [5, 5.41) is 3.10. The van der Waals surface area contributed by atoms with Crippen LogP contribution in [0.2, 0.25) is 0 Å². The first kappa shape index (κ1) is 12.0. The number of nitrogens with one attached hydrogen (secondary N) is 1. The molecule has 0 amide bonds. The van der Waals surface area contributed by atoms with E-state index >= 15 is 0 Å². The zero-order valence-corrected chi connectivity index (χ0v) is 10.3. The molecule has 2 atom stereocenters. The Hall–Kier alpha value is -1.42. The topological polar surface area (TPSA) is 47.6 Å². The van der Waals surface area contributed by atoms with Crippen LogP contribution in [0.3, 0.4) is 0 Å². The van der Waals surface area contributed by atoms with Gasteiger partial charge in [0.2, 0.25) is 7.85 Å². The van der Waals surface area contributed by atoms with Gasteiger partial charge in [0.1, 0.15) is 7.85 Å². The number of Topliss-reactive ketones (excluding diaryl/α,β-unsaturated/α-hetero) is 1. The van der Waals surface area contributed by atoms with Gasteiger partial charge in [0.25, 0.3) is 0 Å². The molecule has 0 bridgehead atoms. The van der Waals surface area contributed by atoms with E-state index in [1.807, 2.05) is 22.6 Å². The van der Waals surface area contributed by atoms with E-state index in [1.165, 1.54) is 0 Å². The lowest BCUT2D eigenvalue weighted by molar-refractivity contribution is 0.0953. The number of carbonyl (C=O) groups is 1. The third-order valence-corrected chi connectivity index (χ3v) is 2.72. The SMILES string of the molecule is BCN[C@@H](C)C(=O)c1ccc2c(c1)OC(B)O2. The Kier molecular flexibility index (Phi) is 3.43. The third-order valence-electron chi connectivity index (χ3n) is 2.72. The fourth-order valence-electron chi connectivity index (χ4n) is 1.88. The number of hydrogen-bond acceptors (Lipinski definition) is 4. The summed E-state index contributed by atoms with van der Waals surface area (Å²) in [6.07, 6.45) is 0.496. The van der Waals surface area contributed by atoms with Crippen LogP contribution in [0.5, 0.6) is 11.5 Å².